The first kappa shape index (κ1) is 24.6. The molecule has 0 spiro atoms. The van der Waals surface area contributed by atoms with E-state index in [0.717, 1.165) is 102 Å². The fourth-order valence-corrected chi connectivity index (χ4v) is 5.01. The molecular weight excluding hydrogens is 416 g/mol. The van der Waals surface area contributed by atoms with E-state index in [2.05, 4.69) is 62.7 Å². The molecule has 33 heavy (non-hydrogen) atoms. The topological polar surface area (TPSA) is 56.7 Å². The minimum absolute atomic E-state index is 0.0531. The maximum atomic E-state index is 13.4. The molecule has 0 unspecified atom stereocenters. The third-order valence-electron chi connectivity index (χ3n) is 7.51. The van der Waals surface area contributed by atoms with Crippen LogP contribution in [-0.2, 0) is 19.6 Å². The van der Waals surface area contributed by atoms with E-state index >= 15 is 0 Å². The third-order valence-corrected chi connectivity index (χ3v) is 7.51. The van der Waals surface area contributed by atoms with Gasteiger partial charge in [0.05, 0.1) is 0 Å². The summed E-state index contributed by atoms with van der Waals surface area (Å²) in [5, 5.41) is 11.1. The largest absolute Gasteiger partial charge is 0.504 e. The number of aromatic hydroxyl groups is 1. The van der Waals surface area contributed by atoms with Crippen LogP contribution in [0.4, 0.5) is 0 Å². The summed E-state index contributed by atoms with van der Waals surface area (Å²) in [5.74, 6) is -0.0531. The maximum absolute atomic E-state index is 13.4. The monoisotopic (exact) mass is 458 g/mol. The van der Waals surface area contributed by atoms with Crippen LogP contribution in [0.1, 0.15) is 16.7 Å². The Morgan fingerprint density at radius 3 is 1.42 bits per heavy atom. The van der Waals surface area contributed by atoms with Gasteiger partial charge in [-0.05, 0) is 38.8 Å². The van der Waals surface area contributed by atoms with Crippen molar-refractivity contribution in [2.75, 3.05) is 99.7 Å². The van der Waals surface area contributed by atoms with Crippen molar-refractivity contribution in [3.8, 4) is 5.75 Å². The van der Waals surface area contributed by atoms with E-state index in [4.69, 9.17) is 0 Å². The van der Waals surface area contributed by atoms with Crippen LogP contribution in [-0.4, -0.2) is 134 Å². The summed E-state index contributed by atoms with van der Waals surface area (Å²) in [5.41, 5.74) is 2.46. The molecule has 0 aromatic heterocycles. The second-order valence-electron chi connectivity index (χ2n) is 10.3. The van der Waals surface area contributed by atoms with E-state index in [0.29, 0.717) is 13.1 Å². The Hall–Kier alpha value is -1.55. The first-order valence-electron chi connectivity index (χ1n) is 12.5. The smallest absolute Gasteiger partial charge is 0.224 e. The fourth-order valence-electron chi connectivity index (χ4n) is 5.01. The summed E-state index contributed by atoms with van der Waals surface area (Å²) < 4.78 is 0. The van der Waals surface area contributed by atoms with Crippen LogP contribution in [0.5, 0.6) is 5.75 Å². The van der Waals surface area contributed by atoms with Gasteiger partial charge < -0.3 is 19.8 Å². The molecular formula is C25H42N6O2. The van der Waals surface area contributed by atoms with E-state index in [-0.39, 0.29) is 11.2 Å². The summed E-state index contributed by atoms with van der Waals surface area (Å²) in [7, 11) is 6.46. The van der Waals surface area contributed by atoms with Crippen molar-refractivity contribution in [1.82, 2.24) is 29.4 Å². The lowest BCUT2D eigenvalue weighted by molar-refractivity contribution is 0.145. The molecule has 3 heterocycles. The standard InChI is InChI=1S/C25H42N6O2/c1-26-4-10-29(11-5-26)18-21-16-22(19-30-12-6-27(2)7-13-30)24(32)25(33)23(17-21)20-31-14-8-28(3)9-15-31/h16-17H,4-15,18-20H2,1-3H3,(H,32,33). The molecule has 0 bridgehead atoms. The number of hydrogen-bond acceptors (Lipinski definition) is 8. The average Bonchev–Trinajstić information content (AvgIpc) is 2.91. The number of piperazine rings is 3. The molecule has 3 aliphatic rings. The molecule has 184 valence electrons. The lowest BCUT2D eigenvalue weighted by Gasteiger charge is -2.33. The first-order valence-corrected chi connectivity index (χ1v) is 12.5. The van der Waals surface area contributed by atoms with Gasteiger partial charge in [-0.15, -0.1) is 0 Å². The van der Waals surface area contributed by atoms with E-state index in [1.165, 1.54) is 0 Å². The van der Waals surface area contributed by atoms with Gasteiger partial charge in [-0.2, -0.15) is 0 Å². The van der Waals surface area contributed by atoms with Gasteiger partial charge in [0, 0.05) is 109 Å². The second kappa shape index (κ2) is 11.3. The molecule has 1 aromatic rings. The Morgan fingerprint density at radius 1 is 0.606 bits per heavy atom. The molecule has 4 rings (SSSR count). The van der Waals surface area contributed by atoms with Crippen molar-refractivity contribution < 1.29 is 5.11 Å². The highest BCUT2D eigenvalue weighted by Crippen LogP contribution is 2.20. The summed E-state index contributed by atoms with van der Waals surface area (Å²) in [6, 6.07) is 4.17. The van der Waals surface area contributed by atoms with E-state index in [1.54, 1.807) is 0 Å². The second-order valence-corrected chi connectivity index (χ2v) is 10.3. The molecule has 3 fully saturated rings. The minimum atomic E-state index is -0.192. The lowest BCUT2D eigenvalue weighted by Crippen LogP contribution is -2.44. The van der Waals surface area contributed by atoms with Gasteiger partial charge in [0.1, 0.15) is 0 Å². The minimum Gasteiger partial charge on any atom is -0.504 e. The van der Waals surface area contributed by atoms with E-state index in [1.807, 2.05) is 0 Å². The molecule has 1 N–H and O–H groups in total. The summed E-state index contributed by atoms with van der Waals surface area (Å²) in [6.45, 7) is 14.2. The van der Waals surface area contributed by atoms with E-state index < -0.39 is 0 Å². The highest BCUT2D eigenvalue weighted by atomic mass is 16.3. The van der Waals surface area contributed by atoms with Gasteiger partial charge >= 0.3 is 0 Å². The number of rotatable bonds is 6. The number of likely N-dealkylation sites (N-methyl/N-ethyl adjacent to an activating group) is 3. The molecule has 0 saturated carbocycles. The van der Waals surface area contributed by atoms with Crippen LogP contribution in [0.2, 0.25) is 0 Å². The fraction of sp³-hybridized carbons (Fsp3) is 0.720. The molecule has 0 aliphatic carbocycles. The SMILES string of the molecule is CN1CCN(Cc2cc(CN3CCN(C)CC3)c(O)c(=O)c(CN3CCN(C)CC3)c2)CC1. The predicted molar refractivity (Wildman–Crippen MR) is 133 cm³/mol. The molecule has 0 amide bonds. The molecule has 3 saturated heterocycles. The van der Waals surface area contributed by atoms with Gasteiger partial charge in [0.2, 0.25) is 5.43 Å². The Labute approximate surface area is 199 Å². The molecule has 1 aromatic carbocycles. The van der Waals surface area contributed by atoms with Gasteiger partial charge in [-0.3, -0.25) is 19.5 Å². The van der Waals surface area contributed by atoms with Crippen LogP contribution >= 0.6 is 0 Å². The van der Waals surface area contributed by atoms with E-state index in [9.17, 15) is 9.90 Å². The molecule has 8 heteroatoms. The molecule has 8 nitrogen and oxygen atoms in total. The number of nitrogens with zero attached hydrogens (tertiary/aromatic N) is 6. The highest BCUT2D eigenvalue weighted by molar-refractivity contribution is 5.38. The number of hydrogen-bond donors (Lipinski definition) is 1. The Kier molecular flexibility index (Phi) is 8.38. The Bertz CT molecular complexity index is 841. The molecule has 0 atom stereocenters. The zero-order chi connectivity index (χ0) is 23.4. The summed E-state index contributed by atoms with van der Waals surface area (Å²) >= 11 is 0. The molecule has 0 radical (unpaired) electrons. The predicted octanol–water partition coefficient (Wildman–Crippen LogP) is -0.00540. The van der Waals surface area contributed by atoms with Crippen molar-refractivity contribution >= 4 is 0 Å². The lowest BCUT2D eigenvalue weighted by atomic mass is 10.1. The first-order chi connectivity index (χ1) is 15.9. The average molecular weight is 459 g/mol. The van der Waals surface area contributed by atoms with Crippen LogP contribution < -0.4 is 5.43 Å². The van der Waals surface area contributed by atoms with Crippen molar-refractivity contribution in [2.24, 2.45) is 0 Å². The Balaban J connectivity index is 1.59. The van der Waals surface area contributed by atoms with Gasteiger partial charge in [-0.1, -0.05) is 0 Å². The van der Waals surface area contributed by atoms with Crippen LogP contribution in [0, 0.1) is 0 Å². The quantitative estimate of drug-likeness (QED) is 0.639. The zero-order valence-corrected chi connectivity index (χ0v) is 20.8. The summed E-state index contributed by atoms with van der Waals surface area (Å²) in [6.07, 6.45) is 0. The Morgan fingerprint density at radius 2 is 0.970 bits per heavy atom. The highest BCUT2D eigenvalue weighted by Gasteiger charge is 2.21. The molecule has 3 aliphatic heterocycles. The third kappa shape index (κ3) is 6.74. The van der Waals surface area contributed by atoms with Crippen LogP contribution in [0.3, 0.4) is 0 Å². The van der Waals surface area contributed by atoms with Crippen molar-refractivity contribution in [2.45, 2.75) is 19.6 Å². The van der Waals surface area contributed by atoms with Gasteiger partial charge in [0.25, 0.3) is 0 Å². The van der Waals surface area contributed by atoms with Gasteiger partial charge in [-0.25, -0.2) is 0 Å². The normalized spacial score (nSPS) is 23.2. The summed E-state index contributed by atoms with van der Waals surface area (Å²) in [4.78, 5) is 27.6. The zero-order valence-electron chi connectivity index (χ0n) is 20.8. The van der Waals surface area contributed by atoms with Crippen molar-refractivity contribution in [3.63, 3.8) is 0 Å². The van der Waals surface area contributed by atoms with Crippen molar-refractivity contribution in [1.29, 1.82) is 0 Å². The van der Waals surface area contributed by atoms with Crippen molar-refractivity contribution in [3.05, 3.63) is 39.0 Å². The maximum Gasteiger partial charge on any atom is 0.224 e. The van der Waals surface area contributed by atoms with Gasteiger partial charge in [0.15, 0.2) is 5.75 Å². The van der Waals surface area contributed by atoms with Crippen LogP contribution in [0.15, 0.2) is 16.9 Å². The van der Waals surface area contributed by atoms with Crippen LogP contribution in [0.25, 0.3) is 0 Å².